The molecule has 1 aliphatic rings. The van der Waals surface area contributed by atoms with Crippen LogP contribution in [0.2, 0.25) is 0 Å². The maximum absolute atomic E-state index is 9.52. The lowest BCUT2D eigenvalue weighted by Crippen LogP contribution is -2.38. The summed E-state index contributed by atoms with van der Waals surface area (Å²) in [6.07, 6.45) is -0.00512. The minimum Gasteiger partial charge on any atom is -0.508 e. The van der Waals surface area contributed by atoms with Crippen LogP contribution in [-0.2, 0) is 11.3 Å². The highest BCUT2D eigenvalue weighted by Crippen LogP contribution is 2.25. The highest BCUT2D eigenvalue weighted by molar-refractivity contribution is 5.35. The molecule has 0 bridgehead atoms. The van der Waals surface area contributed by atoms with Crippen LogP contribution in [0.4, 0.5) is 0 Å². The number of rotatable bonds is 3. The molecule has 0 saturated carbocycles. The Morgan fingerprint density at radius 2 is 2.17 bits per heavy atom. The van der Waals surface area contributed by atoms with E-state index in [0.717, 1.165) is 30.8 Å². The number of nitrogens with zero attached hydrogens (tertiary/aromatic N) is 2. The van der Waals surface area contributed by atoms with Crippen molar-refractivity contribution in [2.24, 2.45) is 0 Å². The Morgan fingerprint density at radius 1 is 1.30 bits per heavy atom. The summed E-state index contributed by atoms with van der Waals surface area (Å²) in [5.74, 6) is 0.305. The molecular formula is C19H20N2O2. The third kappa shape index (κ3) is 3.70. The Balaban J connectivity index is 1.72. The zero-order valence-corrected chi connectivity index (χ0v) is 13.2. The van der Waals surface area contributed by atoms with Crippen LogP contribution < -0.4 is 0 Å². The quantitative estimate of drug-likeness (QED) is 0.946. The first-order valence-corrected chi connectivity index (χ1v) is 7.78. The van der Waals surface area contributed by atoms with Crippen molar-refractivity contribution in [3.05, 3.63) is 64.7 Å². The van der Waals surface area contributed by atoms with Gasteiger partial charge in [0.2, 0.25) is 0 Å². The van der Waals surface area contributed by atoms with E-state index in [4.69, 9.17) is 10.00 Å². The van der Waals surface area contributed by atoms with Gasteiger partial charge in [-0.05, 0) is 47.9 Å². The van der Waals surface area contributed by atoms with Gasteiger partial charge in [-0.25, -0.2) is 0 Å². The Hall–Kier alpha value is -2.35. The van der Waals surface area contributed by atoms with Gasteiger partial charge in [0.1, 0.15) is 5.75 Å². The molecule has 0 aromatic heterocycles. The summed E-state index contributed by atoms with van der Waals surface area (Å²) in [7, 11) is 0. The van der Waals surface area contributed by atoms with Gasteiger partial charge in [-0.3, -0.25) is 4.90 Å². The van der Waals surface area contributed by atoms with Crippen molar-refractivity contribution in [2.75, 3.05) is 19.7 Å². The summed E-state index contributed by atoms with van der Waals surface area (Å²) >= 11 is 0. The van der Waals surface area contributed by atoms with Crippen molar-refractivity contribution in [3.63, 3.8) is 0 Å². The number of phenolic OH excluding ortho intramolecular Hbond substituents is 1. The SMILES string of the molecule is Cc1cc(O)ccc1CN1CCOC(c2cccc(C#N)c2)C1. The molecular weight excluding hydrogens is 288 g/mol. The van der Waals surface area contributed by atoms with E-state index in [0.29, 0.717) is 17.9 Å². The van der Waals surface area contributed by atoms with E-state index in [1.54, 1.807) is 12.1 Å². The molecule has 0 spiro atoms. The molecule has 3 rings (SSSR count). The molecule has 23 heavy (non-hydrogen) atoms. The third-order valence-electron chi connectivity index (χ3n) is 4.26. The van der Waals surface area contributed by atoms with Gasteiger partial charge < -0.3 is 9.84 Å². The zero-order chi connectivity index (χ0) is 16.2. The van der Waals surface area contributed by atoms with Crippen LogP contribution in [0.3, 0.4) is 0 Å². The molecule has 1 heterocycles. The standard InChI is InChI=1S/C19H20N2O2/c1-14-9-18(22)6-5-17(14)12-21-7-8-23-19(13-21)16-4-2-3-15(10-16)11-20/h2-6,9-10,19,22H,7-8,12-13H2,1H3. The molecule has 1 unspecified atom stereocenters. The maximum atomic E-state index is 9.52. The van der Waals surface area contributed by atoms with Crippen molar-refractivity contribution in [3.8, 4) is 11.8 Å². The van der Waals surface area contributed by atoms with Crippen molar-refractivity contribution < 1.29 is 9.84 Å². The van der Waals surface area contributed by atoms with E-state index in [-0.39, 0.29) is 6.10 Å². The van der Waals surface area contributed by atoms with Crippen LogP contribution in [0.25, 0.3) is 0 Å². The molecule has 4 heteroatoms. The first kappa shape index (κ1) is 15.5. The predicted octanol–water partition coefficient (Wildman–Crippen LogP) is 3.15. The van der Waals surface area contributed by atoms with Gasteiger partial charge in [-0.15, -0.1) is 0 Å². The smallest absolute Gasteiger partial charge is 0.115 e. The van der Waals surface area contributed by atoms with Crippen LogP contribution >= 0.6 is 0 Å². The summed E-state index contributed by atoms with van der Waals surface area (Å²) in [5.41, 5.74) is 4.03. The molecule has 1 aliphatic heterocycles. The number of aromatic hydroxyl groups is 1. The number of aryl methyl sites for hydroxylation is 1. The molecule has 0 amide bonds. The number of nitriles is 1. The molecule has 0 radical (unpaired) electrons. The predicted molar refractivity (Wildman–Crippen MR) is 88.0 cm³/mol. The second-order valence-electron chi connectivity index (χ2n) is 5.94. The Bertz CT molecular complexity index is 736. The fourth-order valence-electron chi connectivity index (χ4n) is 2.95. The largest absolute Gasteiger partial charge is 0.508 e. The highest BCUT2D eigenvalue weighted by Gasteiger charge is 2.22. The lowest BCUT2D eigenvalue weighted by molar-refractivity contribution is -0.0329. The molecule has 1 atom stereocenters. The number of phenols is 1. The van der Waals surface area contributed by atoms with Crippen molar-refractivity contribution in [1.82, 2.24) is 4.90 Å². The van der Waals surface area contributed by atoms with Gasteiger partial charge in [-0.1, -0.05) is 18.2 Å². The van der Waals surface area contributed by atoms with Crippen LogP contribution in [0.15, 0.2) is 42.5 Å². The number of hydrogen-bond acceptors (Lipinski definition) is 4. The minimum absolute atomic E-state index is 0.00512. The third-order valence-corrected chi connectivity index (χ3v) is 4.26. The zero-order valence-electron chi connectivity index (χ0n) is 13.2. The topological polar surface area (TPSA) is 56.5 Å². The van der Waals surface area contributed by atoms with Gasteiger partial charge in [0, 0.05) is 19.6 Å². The van der Waals surface area contributed by atoms with E-state index in [2.05, 4.69) is 11.0 Å². The molecule has 0 aliphatic carbocycles. The Labute approximate surface area is 136 Å². The molecule has 1 N–H and O–H groups in total. The molecule has 1 fully saturated rings. The first-order chi connectivity index (χ1) is 11.2. The van der Waals surface area contributed by atoms with Crippen molar-refractivity contribution in [2.45, 2.75) is 19.6 Å². The second-order valence-corrected chi connectivity index (χ2v) is 5.94. The average Bonchev–Trinajstić information content (AvgIpc) is 2.58. The Kier molecular flexibility index (Phi) is 4.61. The average molecular weight is 308 g/mol. The first-order valence-electron chi connectivity index (χ1n) is 7.78. The van der Waals surface area contributed by atoms with Gasteiger partial charge in [0.25, 0.3) is 0 Å². The highest BCUT2D eigenvalue weighted by atomic mass is 16.5. The monoisotopic (exact) mass is 308 g/mol. The second kappa shape index (κ2) is 6.82. The van der Waals surface area contributed by atoms with Crippen LogP contribution in [0, 0.1) is 18.3 Å². The Morgan fingerprint density at radius 3 is 2.96 bits per heavy atom. The van der Waals surface area contributed by atoms with Crippen LogP contribution in [0.5, 0.6) is 5.75 Å². The van der Waals surface area contributed by atoms with Gasteiger partial charge in [0.15, 0.2) is 0 Å². The lowest BCUT2D eigenvalue weighted by atomic mass is 10.0. The van der Waals surface area contributed by atoms with Crippen molar-refractivity contribution >= 4 is 0 Å². The van der Waals surface area contributed by atoms with E-state index in [1.807, 2.05) is 37.3 Å². The number of hydrogen-bond donors (Lipinski definition) is 1. The van der Waals surface area contributed by atoms with E-state index in [9.17, 15) is 5.11 Å². The number of morpholine rings is 1. The molecule has 1 saturated heterocycles. The van der Waals surface area contributed by atoms with Gasteiger partial charge in [-0.2, -0.15) is 5.26 Å². The summed E-state index contributed by atoms with van der Waals surface area (Å²) in [5, 5.41) is 18.6. The fourth-order valence-corrected chi connectivity index (χ4v) is 2.95. The van der Waals surface area contributed by atoms with E-state index < -0.39 is 0 Å². The summed E-state index contributed by atoms with van der Waals surface area (Å²) in [6, 6.07) is 15.3. The summed E-state index contributed by atoms with van der Waals surface area (Å²) in [6.45, 7) is 5.22. The molecule has 4 nitrogen and oxygen atoms in total. The molecule has 2 aromatic rings. The molecule has 118 valence electrons. The fraction of sp³-hybridized carbons (Fsp3) is 0.316. The van der Waals surface area contributed by atoms with Crippen LogP contribution in [0.1, 0.15) is 28.4 Å². The van der Waals surface area contributed by atoms with Crippen molar-refractivity contribution in [1.29, 1.82) is 5.26 Å². The number of benzene rings is 2. The lowest BCUT2D eigenvalue weighted by Gasteiger charge is -2.33. The maximum Gasteiger partial charge on any atom is 0.115 e. The summed E-state index contributed by atoms with van der Waals surface area (Å²) < 4.78 is 5.89. The number of ether oxygens (including phenoxy) is 1. The summed E-state index contributed by atoms with van der Waals surface area (Å²) in [4.78, 5) is 2.35. The van der Waals surface area contributed by atoms with Gasteiger partial charge >= 0.3 is 0 Å². The van der Waals surface area contributed by atoms with E-state index >= 15 is 0 Å². The van der Waals surface area contributed by atoms with Crippen LogP contribution in [-0.4, -0.2) is 29.7 Å². The minimum atomic E-state index is -0.00512. The van der Waals surface area contributed by atoms with Gasteiger partial charge in [0.05, 0.1) is 24.3 Å². The molecule has 2 aromatic carbocycles. The normalized spacial score (nSPS) is 18.5. The van der Waals surface area contributed by atoms with E-state index in [1.165, 1.54) is 5.56 Å².